The van der Waals surface area contributed by atoms with E-state index in [9.17, 15) is 4.79 Å². The van der Waals surface area contributed by atoms with Crippen molar-refractivity contribution in [2.24, 2.45) is 0 Å². The quantitative estimate of drug-likeness (QED) is 0.868. The lowest BCUT2D eigenvalue weighted by molar-refractivity contribution is -0.128. The Labute approximate surface area is 140 Å². The van der Waals surface area contributed by atoms with Crippen LogP contribution < -0.4 is 5.32 Å². The van der Waals surface area contributed by atoms with Crippen molar-refractivity contribution in [3.8, 4) is 0 Å². The summed E-state index contributed by atoms with van der Waals surface area (Å²) >= 11 is 0. The first-order chi connectivity index (χ1) is 11.6. The minimum absolute atomic E-state index is 0.0609. The number of aryl methyl sites for hydroxylation is 1. The van der Waals surface area contributed by atoms with Gasteiger partial charge in [0.05, 0.1) is 19.3 Å². The van der Waals surface area contributed by atoms with E-state index in [1.807, 2.05) is 24.0 Å². The fraction of sp³-hybridized carbons (Fsp3) is 0.500. The van der Waals surface area contributed by atoms with Crippen LogP contribution >= 0.6 is 0 Å². The third kappa shape index (κ3) is 3.95. The molecular weight excluding hydrogens is 310 g/mol. The number of ether oxygens (including phenoxy) is 1. The normalized spacial score (nSPS) is 21.6. The van der Waals surface area contributed by atoms with Crippen LogP contribution in [0.3, 0.4) is 0 Å². The number of nitrogens with zero attached hydrogens (tertiary/aromatic N) is 4. The third-order valence-electron chi connectivity index (χ3n) is 3.95. The maximum absolute atomic E-state index is 12.3. The number of amides is 1. The van der Waals surface area contributed by atoms with E-state index in [0.717, 1.165) is 5.56 Å². The number of hydrogen-bond donors (Lipinski definition) is 1. The average Bonchev–Trinajstić information content (AvgIpc) is 3.00. The molecule has 1 fully saturated rings. The highest BCUT2D eigenvalue weighted by atomic mass is 16.5. The van der Waals surface area contributed by atoms with Gasteiger partial charge >= 0.3 is 0 Å². The number of nitrogens with one attached hydrogen (secondary N) is 1. The summed E-state index contributed by atoms with van der Waals surface area (Å²) in [7, 11) is 0. The van der Waals surface area contributed by atoms with E-state index in [2.05, 4.69) is 20.4 Å². The minimum Gasteiger partial charge on any atom is -0.375 e. The topological polar surface area (TPSA) is 93.4 Å². The SMILES string of the molecule is Cc1noc([C@@H]2[C@@H](C)OCCN2CC(=O)NCc2cccnc2)n1. The Bertz CT molecular complexity index is 675. The van der Waals surface area contributed by atoms with Crippen LogP contribution in [0.15, 0.2) is 29.0 Å². The number of carbonyl (C=O) groups excluding carboxylic acids is 1. The molecule has 2 aromatic rings. The summed E-state index contributed by atoms with van der Waals surface area (Å²) in [6, 6.07) is 3.55. The van der Waals surface area contributed by atoms with Gasteiger partial charge in [-0.05, 0) is 25.5 Å². The highest BCUT2D eigenvalue weighted by molar-refractivity contribution is 5.78. The molecule has 2 atom stereocenters. The number of aromatic nitrogens is 3. The predicted octanol–water partition coefficient (Wildman–Crippen LogP) is 0.851. The van der Waals surface area contributed by atoms with E-state index in [1.165, 1.54) is 0 Å². The standard InChI is InChI=1S/C16H21N5O3/c1-11-15(16-19-12(2)20-24-16)21(6-7-23-11)10-14(22)18-9-13-4-3-5-17-8-13/h3-5,8,11,15H,6-7,9-10H2,1-2H3,(H,18,22)/t11-,15+/m1/s1. The molecule has 1 aliphatic rings. The van der Waals surface area contributed by atoms with Crippen LogP contribution in [-0.4, -0.2) is 51.7 Å². The molecule has 0 saturated carbocycles. The monoisotopic (exact) mass is 331 g/mol. The smallest absolute Gasteiger partial charge is 0.246 e. The molecule has 8 heteroatoms. The predicted molar refractivity (Wildman–Crippen MR) is 84.8 cm³/mol. The van der Waals surface area contributed by atoms with E-state index < -0.39 is 0 Å². The lowest BCUT2D eigenvalue weighted by atomic mass is 10.1. The minimum atomic E-state index is -0.218. The molecule has 1 aliphatic heterocycles. The lowest BCUT2D eigenvalue weighted by Crippen LogP contribution is -2.48. The largest absolute Gasteiger partial charge is 0.375 e. The van der Waals surface area contributed by atoms with Gasteiger partial charge in [0.25, 0.3) is 0 Å². The van der Waals surface area contributed by atoms with E-state index in [4.69, 9.17) is 9.26 Å². The van der Waals surface area contributed by atoms with Crippen molar-refractivity contribution in [1.82, 2.24) is 25.3 Å². The Morgan fingerprint density at radius 3 is 3.08 bits per heavy atom. The van der Waals surface area contributed by atoms with Gasteiger partial charge in [0.1, 0.15) is 6.04 Å². The number of rotatable bonds is 5. The molecule has 0 bridgehead atoms. The van der Waals surface area contributed by atoms with E-state index in [-0.39, 0.29) is 24.6 Å². The second-order valence-electron chi connectivity index (χ2n) is 5.81. The van der Waals surface area contributed by atoms with E-state index in [1.54, 1.807) is 19.3 Å². The number of morpholine rings is 1. The molecule has 0 spiro atoms. The van der Waals surface area contributed by atoms with Gasteiger partial charge in [-0.1, -0.05) is 11.2 Å². The Balaban J connectivity index is 1.62. The van der Waals surface area contributed by atoms with Crippen LogP contribution in [0.4, 0.5) is 0 Å². The molecule has 2 aromatic heterocycles. The van der Waals surface area contributed by atoms with Crippen molar-refractivity contribution >= 4 is 5.91 Å². The van der Waals surface area contributed by atoms with Gasteiger partial charge in [-0.2, -0.15) is 4.98 Å². The molecule has 0 unspecified atom stereocenters. The molecule has 3 heterocycles. The van der Waals surface area contributed by atoms with Gasteiger partial charge in [0.15, 0.2) is 5.82 Å². The van der Waals surface area contributed by atoms with Crippen molar-refractivity contribution in [2.45, 2.75) is 32.5 Å². The fourth-order valence-electron chi connectivity index (χ4n) is 2.79. The summed E-state index contributed by atoms with van der Waals surface area (Å²) in [5, 5.41) is 6.75. The molecule has 1 amide bonds. The molecule has 0 aromatic carbocycles. The van der Waals surface area contributed by atoms with Crippen molar-refractivity contribution in [2.75, 3.05) is 19.7 Å². The summed E-state index contributed by atoms with van der Waals surface area (Å²) in [4.78, 5) is 22.6. The molecule has 1 saturated heterocycles. The van der Waals surface area contributed by atoms with Gasteiger partial charge in [0.2, 0.25) is 11.8 Å². The zero-order valence-corrected chi connectivity index (χ0v) is 13.8. The van der Waals surface area contributed by atoms with Crippen molar-refractivity contribution in [1.29, 1.82) is 0 Å². The molecule has 8 nitrogen and oxygen atoms in total. The van der Waals surface area contributed by atoms with Gasteiger partial charge in [-0.25, -0.2) is 0 Å². The number of pyridine rings is 1. The number of hydrogen-bond acceptors (Lipinski definition) is 7. The third-order valence-corrected chi connectivity index (χ3v) is 3.95. The molecule has 24 heavy (non-hydrogen) atoms. The average molecular weight is 331 g/mol. The lowest BCUT2D eigenvalue weighted by Gasteiger charge is -2.37. The van der Waals surface area contributed by atoms with E-state index >= 15 is 0 Å². The van der Waals surface area contributed by atoms with Crippen molar-refractivity contribution < 1.29 is 14.1 Å². The van der Waals surface area contributed by atoms with Crippen molar-refractivity contribution in [3.63, 3.8) is 0 Å². The molecule has 1 N–H and O–H groups in total. The zero-order valence-electron chi connectivity index (χ0n) is 13.8. The highest BCUT2D eigenvalue weighted by Crippen LogP contribution is 2.27. The van der Waals surface area contributed by atoms with Gasteiger partial charge < -0.3 is 14.6 Å². The maximum Gasteiger partial charge on any atom is 0.246 e. The molecule has 0 aliphatic carbocycles. The Kier molecular flexibility index (Phi) is 5.17. The van der Waals surface area contributed by atoms with Gasteiger partial charge in [-0.15, -0.1) is 0 Å². The Hall–Kier alpha value is -2.32. The van der Waals surface area contributed by atoms with Gasteiger partial charge in [0, 0.05) is 25.5 Å². The summed E-state index contributed by atoms with van der Waals surface area (Å²) in [5.74, 6) is 0.998. The first-order valence-electron chi connectivity index (χ1n) is 7.95. The Morgan fingerprint density at radius 1 is 1.50 bits per heavy atom. The number of carbonyl (C=O) groups is 1. The zero-order chi connectivity index (χ0) is 16.9. The van der Waals surface area contributed by atoms with Crippen LogP contribution in [0, 0.1) is 6.92 Å². The summed E-state index contributed by atoms with van der Waals surface area (Å²) in [6.45, 7) is 5.63. The second-order valence-corrected chi connectivity index (χ2v) is 5.81. The molecule has 0 radical (unpaired) electrons. The van der Waals surface area contributed by atoms with Crippen LogP contribution in [0.2, 0.25) is 0 Å². The summed E-state index contributed by atoms with van der Waals surface area (Å²) < 4.78 is 11.0. The highest BCUT2D eigenvalue weighted by Gasteiger charge is 2.35. The van der Waals surface area contributed by atoms with Crippen molar-refractivity contribution in [3.05, 3.63) is 41.8 Å². The molecule has 3 rings (SSSR count). The van der Waals surface area contributed by atoms with Crippen LogP contribution in [0.5, 0.6) is 0 Å². The van der Waals surface area contributed by atoms with E-state index in [0.29, 0.717) is 31.4 Å². The summed E-state index contributed by atoms with van der Waals surface area (Å²) in [6.07, 6.45) is 3.32. The van der Waals surface area contributed by atoms with Crippen LogP contribution in [0.1, 0.15) is 30.2 Å². The first-order valence-corrected chi connectivity index (χ1v) is 7.95. The molecular formula is C16H21N5O3. The second kappa shape index (κ2) is 7.50. The Morgan fingerprint density at radius 2 is 2.38 bits per heavy atom. The molecule has 128 valence electrons. The van der Waals surface area contributed by atoms with Crippen LogP contribution in [-0.2, 0) is 16.1 Å². The summed E-state index contributed by atoms with van der Waals surface area (Å²) in [5.41, 5.74) is 0.963. The van der Waals surface area contributed by atoms with Gasteiger partial charge in [-0.3, -0.25) is 14.7 Å². The first kappa shape index (κ1) is 16.5. The maximum atomic E-state index is 12.3. The fourth-order valence-corrected chi connectivity index (χ4v) is 2.79. The van der Waals surface area contributed by atoms with Crippen LogP contribution in [0.25, 0.3) is 0 Å².